The first kappa shape index (κ1) is 14.7. The van der Waals surface area contributed by atoms with Crippen molar-refractivity contribution >= 4 is 11.3 Å². The molecule has 0 unspecified atom stereocenters. The number of benzene rings is 1. The van der Waals surface area contributed by atoms with Crippen LogP contribution in [0.1, 0.15) is 16.0 Å². The summed E-state index contributed by atoms with van der Waals surface area (Å²) in [5.74, 6) is 5.40. The number of rotatable bonds is 4. The van der Waals surface area contributed by atoms with E-state index in [0.29, 0.717) is 6.54 Å². The molecule has 1 aromatic heterocycles. The maximum absolute atomic E-state index is 13.1. The lowest BCUT2D eigenvalue weighted by Gasteiger charge is -2.16. The van der Waals surface area contributed by atoms with Crippen molar-refractivity contribution in [3.05, 3.63) is 57.5 Å². The minimum atomic E-state index is -0.207. The third-order valence-electron chi connectivity index (χ3n) is 2.80. The van der Waals surface area contributed by atoms with E-state index in [9.17, 15) is 4.39 Å². The van der Waals surface area contributed by atoms with Gasteiger partial charge in [0.2, 0.25) is 0 Å². The van der Waals surface area contributed by atoms with Crippen LogP contribution in [0.5, 0.6) is 0 Å². The van der Waals surface area contributed by atoms with E-state index in [0.717, 1.165) is 22.5 Å². The third kappa shape index (κ3) is 4.17. The first-order valence-electron chi connectivity index (χ1n) is 6.28. The summed E-state index contributed by atoms with van der Waals surface area (Å²) >= 11 is 1.64. The van der Waals surface area contributed by atoms with Crippen LogP contribution in [0.3, 0.4) is 0 Å². The number of hydrogen-bond acceptors (Lipinski definition) is 3. The fraction of sp³-hybridized carbons (Fsp3) is 0.250. The summed E-state index contributed by atoms with van der Waals surface area (Å²) in [6.45, 7) is 1.31. The van der Waals surface area contributed by atoms with Gasteiger partial charge in [-0.05, 0) is 36.2 Å². The average Bonchev–Trinajstić information content (AvgIpc) is 2.83. The molecule has 0 saturated carbocycles. The van der Waals surface area contributed by atoms with E-state index in [4.69, 9.17) is 5.11 Å². The summed E-state index contributed by atoms with van der Waals surface area (Å²) in [6, 6.07) is 8.60. The zero-order valence-corrected chi connectivity index (χ0v) is 12.1. The summed E-state index contributed by atoms with van der Waals surface area (Å²) in [5, 5.41) is 10.7. The molecule has 0 amide bonds. The molecule has 0 spiro atoms. The zero-order valence-electron chi connectivity index (χ0n) is 11.3. The van der Waals surface area contributed by atoms with Gasteiger partial charge in [0.25, 0.3) is 0 Å². The highest BCUT2D eigenvalue weighted by Crippen LogP contribution is 2.18. The second kappa shape index (κ2) is 7.20. The van der Waals surface area contributed by atoms with Crippen LogP contribution in [0.15, 0.2) is 35.7 Å². The number of hydrogen-bond donors (Lipinski definition) is 1. The maximum atomic E-state index is 13.1. The van der Waals surface area contributed by atoms with Crippen molar-refractivity contribution in [1.29, 1.82) is 0 Å². The van der Waals surface area contributed by atoms with Gasteiger partial charge in [-0.15, -0.1) is 11.3 Å². The summed E-state index contributed by atoms with van der Waals surface area (Å²) in [4.78, 5) is 3.27. The normalized spacial score (nSPS) is 10.4. The van der Waals surface area contributed by atoms with Crippen LogP contribution in [0.25, 0.3) is 0 Å². The minimum absolute atomic E-state index is 0.131. The van der Waals surface area contributed by atoms with Gasteiger partial charge in [0, 0.05) is 23.5 Å². The fourth-order valence-corrected chi connectivity index (χ4v) is 2.87. The second-order valence-electron chi connectivity index (χ2n) is 4.52. The molecular weight excluding hydrogens is 273 g/mol. The Labute approximate surface area is 122 Å². The van der Waals surface area contributed by atoms with E-state index < -0.39 is 0 Å². The van der Waals surface area contributed by atoms with Crippen LogP contribution in [0.4, 0.5) is 4.39 Å². The van der Waals surface area contributed by atoms with E-state index in [1.165, 1.54) is 6.07 Å². The smallest absolute Gasteiger partial charge is 0.123 e. The van der Waals surface area contributed by atoms with Gasteiger partial charge in [-0.3, -0.25) is 4.90 Å². The molecule has 4 heteroatoms. The lowest BCUT2D eigenvalue weighted by atomic mass is 10.2. The Balaban J connectivity index is 2.01. The van der Waals surface area contributed by atoms with Crippen LogP contribution in [0.2, 0.25) is 0 Å². The van der Waals surface area contributed by atoms with Gasteiger partial charge >= 0.3 is 0 Å². The highest BCUT2D eigenvalue weighted by molar-refractivity contribution is 7.10. The van der Waals surface area contributed by atoms with E-state index in [1.807, 2.05) is 24.6 Å². The van der Waals surface area contributed by atoms with Gasteiger partial charge < -0.3 is 5.11 Å². The molecule has 0 aliphatic carbocycles. The second-order valence-corrected chi connectivity index (χ2v) is 5.52. The molecule has 0 radical (unpaired) electrons. The van der Waals surface area contributed by atoms with Gasteiger partial charge in [0.05, 0.1) is 0 Å². The standard InChI is InChI=1S/C16H16FNOS/c1-18(11-13-4-2-6-15(17)10-13)12-16-14(5-3-8-19)7-9-20-16/h2,4,6-7,9-10,19H,8,11-12H2,1H3. The van der Waals surface area contributed by atoms with Gasteiger partial charge in [-0.1, -0.05) is 24.0 Å². The Morgan fingerprint density at radius 1 is 1.30 bits per heavy atom. The predicted molar refractivity (Wildman–Crippen MR) is 79.9 cm³/mol. The number of halogens is 1. The van der Waals surface area contributed by atoms with E-state index in [2.05, 4.69) is 16.7 Å². The van der Waals surface area contributed by atoms with Crippen molar-refractivity contribution in [2.75, 3.05) is 13.7 Å². The number of thiophene rings is 1. The van der Waals surface area contributed by atoms with Crippen molar-refractivity contribution in [3.8, 4) is 11.8 Å². The van der Waals surface area contributed by atoms with Gasteiger partial charge in [-0.25, -0.2) is 4.39 Å². The first-order chi connectivity index (χ1) is 9.69. The molecule has 2 rings (SSSR count). The third-order valence-corrected chi connectivity index (χ3v) is 3.71. The predicted octanol–water partition coefficient (Wildman–Crippen LogP) is 2.86. The van der Waals surface area contributed by atoms with Crippen LogP contribution in [-0.4, -0.2) is 23.7 Å². The van der Waals surface area contributed by atoms with Crippen LogP contribution >= 0.6 is 11.3 Å². The molecule has 0 atom stereocenters. The summed E-state index contributed by atoms with van der Waals surface area (Å²) in [5.41, 5.74) is 1.90. The van der Waals surface area contributed by atoms with Crippen molar-refractivity contribution in [3.63, 3.8) is 0 Å². The van der Waals surface area contributed by atoms with E-state index >= 15 is 0 Å². The lowest BCUT2D eigenvalue weighted by Crippen LogP contribution is -2.17. The lowest BCUT2D eigenvalue weighted by molar-refractivity contribution is 0.321. The number of aliphatic hydroxyl groups excluding tert-OH is 1. The van der Waals surface area contributed by atoms with Crippen LogP contribution < -0.4 is 0 Å². The van der Waals surface area contributed by atoms with Crippen molar-refractivity contribution < 1.29 is 9.50 Å². The molecule has 20 heavy (non-hydrogen) atoms. The Kier molecular flexibility index (Phi) is 5.31. The first-order valence-corrected chi connectivity index (χ1v) is 7.16. The largest absolute Gasteiger partial charge is 0.384 e. The summed E-state index contributed by atoms with van der Waals surface area (Å²) in [7, 11) is 1.99. The van der Waals surface area contributed by atoms with Gasteiger partial charge in [0.1, 0.15) is 12.4 Å². The topological polar surface area (TPSA) is 23.5 Å². The fourth-order valence-electron chi connectivity index (χ4n) is 1.96. The molecule has 2 aromatic rings. The Morgan fingerprint density at radius 2 is 2.15 bits per heavy atom. The summed E-state index contributed by atoms with van der Waals surface area (Å²) < 4.78 is 13.1. The van der Waals surface area contributed by atoms with Gasteiger partial charge in [-0.2, -0.15) is 0 Å². The van der Waals surface area contributed by atoms with Crippen molar-refractivity contribution in [1.82, 2.24) is 4.90 Å². The molecule has 1 aromatic carbocycles. The molecule has 1 N–H and O–H groups in total. The average molecular weight is 289 g/mol. The van der Waals surface area contributed by atoms with E-state index in [1.54, 1.807) is 23.5 Å². The minimum Gasteiger partial charge on any atom is -0.384 e. The summed E-state index contributed by atoms with van der Waals surface area (Å²) in [6.07, 6.45) is 0. The molecule has 0 fully saturated rings. The quantitative estimate of drug-likeness (QED) is 0.875. The highest BCUT2D eigenvalue weighted by Gasteiger charge is 2.07. The molecule has 0 saturated heterocycles. The zero-order chi connectivity index (χ0) is 14.4. The van der Waals surface area contributed by atoms with E-state index in [-0.39, 0.29) is 12.4 Å². The molecule has 0 aliphatic heterocycles. The molecule has 2 nitrogen and oxygen atoms in total. The van der Waals surface area contributed by atoms with Crippen LogP contribution in [0, 0.1) is 17.7 Å². The molecule has 0 bridgehead atoms. The molecular formula is C16H16FNOS. The number of aliphatic hydroxyl groups is 1. The molecule has 1 heterocycles. The molecule has 104 valence electrons. The Hall–Kier alpha value is -1.67. The maximum Gasteiger partial charge on any atom is 0.123 e. The monoisotopic (exact) mass is 289 g/mol. The van der Waals surface area contributed by atoms with Crippen LogP contribution in [-0.2, 0) is 13.1 Å². The number of nitrogens with zero attached hydrogens (tertiary/aromatic N) is 1. The SMILES string of the molecule is CN(Cc1cccc(F)c1)Cc1sccc1C#CCO. The van der Waals surface area contributed by atoms with Gasteiger partial charge in [0.15, 0.2) is 0 Å². The Bertz CT molecular complexity index is 627. The Morgan fingerprint density at radius 3 is 2.90 bits per heavy atom. The highest BCUT2D eigenvalue weighted by atomic mass is 32.1. The molecule has 0 aliphatic rings. The van der Waals surface area contributed by atoms with Crippen molar-refractivity contribution in [2.45, 2.75) is 13.1 Å². The van der Waals surface area contributed by atoms with Crippen molar-refractivity contribution in [2.24, 2.45) is 0 Å².